The first-order valence-corrected chi connectivity index (χ1v) is 7.45. The van der Waals surface area contributed by atoms with Gasteiger partial charge in [0.1, 0.15) is 18.1 Å². The summed E-state index contributed by atoms with van der Waals surface area (Å²) in [7, 11) is 4.69. The first-order valence-electron chi connectivity index (χ1n) is 7.45. The van der Waals surface area contributed by atoms with Gasteiger partial charge in [-0.3, -0.25) is 4.79 Å². The average Bonchev–Trinajstić information content (AvgIpc) is 2.63. The summed E-state index contributed by atoms with van der Waals surface area (Å²) in [6, 6.07) is 10.7. The molecular formula is C19H18O5. The second-order valence-corrected chi connectivity index (χ2v) is 5.23. The molecule has 0 aromatic heterocycles. The molecule has 0 spiro atoms. The number of carbonyl (C=O) groups is 1. The van der Waals surface area contributed by atoms with Crippen molar-refractivity contribution < 1.29 is 23.7 Å². The van der Waals surface area contributed by atoms with Gasteiger partial charge in [0.2, 0.25) is 0 Å². The molecule has 0 saturated carbocycles. The summed E-state index contributed by atoms with van der Waals surface area (Å²) in [6.45, 7) is 0.216. The van der Waals surface area contributed by atoms with Gasteiger partial charge in [-0.1, -0.05) is 12.1 Å². The van der Waals surface area contributed by atoms with Crippen molar-refractivity contribution in [2.45, 2.75) is 0 Å². The second-order valence-electron chi connectivity index (χ2n) is 5.23. The van der Waals surface area contributed by atoms with E-state index in [-0.39, 0.29) is 12.4 Å². The van der Waals surface area contributed by atoms with Crippen molar-refractivity contribution in [3.63, 3.8) is 0 Å². The van der Waals surface area contributed by atoms with E-state index in [0.717, 1.165) is 5.56 Å². The molecular weight excluding hydrogens is 308 g/mol. The van der Waals surface area contributed by atoms with Gasteiger partial charge in [0, 0.05) is 17.2 Å². The summed E-state index contributed by atoms with van der Waals surface area (Å²) in [5.74, 6) is 2.28. The predicted octanol–water partition coefficient (Wildman–Crippen LogP) is 3.37. The van der Waals surface area contributed by atoms with Crippen molar-refractivity contribution >= 4 is 11.9 Å². The Kier molecular flexibility index (Phi) is 4.42. The Morgan fingerprint density at radius 1 is 0.958 bits per heavy atom. The molecule has 1 aliphatic rings. The summed E-state index contributed by atoms with van der Waals surface area (Å²) in [4.78, 5) is 12.7. The van der Waals surface area contributed by atoms with Gasteiger partial charge in [0.15, 0.2) is 17.3 Å². The zero-order valence-electron chi connectivity index (χ0n) is 13.8. The van der Waals surface area contributed by atoms with Crippen LogP contribution in [0.5, 0.6) is 23.0 Å². The fourth-order valence-electron chi connectivity index (χ4n) is 2.63. The van der Waals surface area contributed by atoms with Gasteiger partial charge < -0.3 is 18.9 Å². The molecule has 2 aromatic rings. The average molecular weight is 326 g/mol. The molecule has 5 nitrogen and oxygen atoms in total. The van der Waals surface area contributed by atoms with Gasteiger partial charge in [-0.25, -0.2) is 0 Å². The minimum Gasteiger partial charge on any atom is -0.496 e. The number of ether oxygens (including phenoxy) is 4. The van der Waals surface area contributed by atoms with Crippen LogP contribution in [0.4, 0.5) is 0 Å². The van der Waals surface area contributed by atoms with Crippen molar-refractivity contribution in [1.29, 1.82) is 0 Å². The molecule has 0 N–H and O–H groups in total. The number of hydrogen-bond acceptors (Lipinski definition) is 5. The Morgan fingerprint density at radius 2 is 1.62 bits per heavy atom. The zero-order valence-corrected chi connectivity index (χ0v) is 13.8. The van der Waals surface area contributed by atoms with Gasteiger partial charge >= 0.3 is 0 Å². The van der Waals surface area contributed by atoms with Crippen molar-refractivity contribution in [1.82, 2.24) is 0 Å². The summed E-state index contributed by atoms with van der Waals surface area (Å²) < 4.78 is 21.7. The summed E-state index contributed by atoms with van der Waals surface area (Å²) in [5.41, 5.74) is 1.84. The van der Waals surface area contributed by atoms with Crippen LogP contribution < -0.4 is 18.9 Å². The van der Waals surface area contributed by atoms with E-state index in [1.807, 2.05) is 12.1 Å². The molecule has 0 saturated heterocycles. The molecule has 124 valence electrons. The molecule has 0 radical (unpaired) electrons. The molecule has 0 unspecified atom stereocenters. The van der Waals surface area contributed by atoms with Crippen LogP contribution in [0.3, 0.4) is 0 Å². The highest BCUT2D eigenvalue weighted by Gasteiger charge is 2.23. The minimum absolute atomic E-state index is 0.0475. The van der Waals surface area contributed by atoms with E-state index >= 15 is 0 Å². The van der Waals surface area contributed by atoms with Gasteiger partial charge in [0.05, 0.1) is 26.9 Å². The Balaban J connectivity index is 2.04. The number of ketones is 1. The monoisotopic (exact) mass is 326 g/mol. The van der Waals surface area contributed by atoms with E-state index in [0.29, 0.717) is 34.1 Å². The summed E-state index contributed by atoms with van der Waals surface area (Å²) in [6.07, 6.45) is 1.76. The Labute approximate surface area is 140 Å². The predicted molar refractivity (Wildman–Crippen MR) is 90.3 cm³/mol. The second kappa shape index (κ2) is 6.66. The van der Waals surface area contributed by atoms with Crippen LogP contribution >= 0.6 is 0 Å². The number of fused-ring (bicyclic) bond motifs is 1. The lowest BCUT2D eigenvalue weighted by Crippen LogP contribution is -2.18. The molecule has 5 heteroatoms. The Morgan fingerprint density at radius 3 is 2.33 bits per heavy atom. The molecule has 1 heterocycles. The molecule has 0 fully saturated rings. The molecule has 0 atom stereocenters. The largest absolute Gasteiger partial charge is 0.496 e. The number of rotatable bonds is 4. The zero-order chi connectivity index (χ0) is 17.1. The molecule has 0 amide bonds. The number of benzene rings is 2. The highest BCUT2D eigenvalue weighted by Crippen LogP contribution is 2.36. The lowest BCUT2D eigenvalue weighted by atomic mass is 9.98. The number of hydrogen-bond donors (Lipinski definition) is 0. The molecule has 3 rings (SSSR count). The maximum Gasteiger partial charge on any atom is 0.196 e. The SMILES string of the molecule is COc1cc(OC)c(OC)cc1/C=C1\COc2ccccc2C1=O. The van der Waals surface area contributed by atoms with E-state index in [9.17, 15) is 4.79 Å². The quantitative estimate of drug-likeness (QED) is 0.806. The minimum atomic E-state index is -0.0475. The number of para-hydroxylation sites is 1. The van der Waals surface area contributed by atoms with Crippen LogP contribution in [0.1, 0.15) is 15.9 Å². The van der Waals surface area contributed by atoms with Crippen molar-refractivity contribution in [2.75, 3.05) is 27.9 Å². The van der Waals surface area contributed by atoms with Crippen LogP contribution in [0.15, 0.2) is 42.0 Å². The first-order chi connectivity index (χ1) is 11.7. The third-order valence-corrected chi connectivity index (χ3v) is 3.87. The van der Waals surface area contributed by atoms with Crippen LogP contribution in [0, 0.1) is 0 Å². The topological polar surface area (TPSA) is 54.0 Å². The highest BCUT2D eigenvalue weighted by molar-refractivity contribution is 6.14. The Bertz CT molecular complexity index is 807. The standard InChI is InChI=1S/C19H18O5/c1-21-16-10-18(23-3)17(22-2)9-12(16)8-13-11-24-15-7-5-4-6-14(15)19(13)20/h4-10H,11H2,1-3H3/b13-8+. The molecule has 2 aromatic carbocycles. The third kappa shape index (κ3) is 2.80. The summed E-state index contributed by atoms with van der Waals surface area (Å²) >= 11 is 0. The van der Waals surface area contributed by atoms with E-state index < -0.39 is 0 Å². The van der Waals surface area contributed by atoms with Crippen molar-refractivity contribution in [3.8, 4) is 23.0 Å². The highest BCUT2D eigenvalue weighted by atomic mass is 16.5. The normalized spacial score (nSPS) is 14.8. The van der Waals surface area contributed by atoms with Gasteiger partial charge in [-0.2, -0.15) is 0 Å². The first kappa shape index (κ1) is 15.9. The molecule has 0 bridgehead atoms. The number of carbonyl (C=O) groups excluding carboxylic acids is 1. The van der Waals surface area contributed by atoms with Gasteiger partial charge in [-0.15, -0.1) is 0 Å². The van der Waals surface area contributed by atoms with E-state index in [1.165, 1.54) is 0 Å². The van der Waals surface area contributed by atoms with Gasteiger partial charge in [0.25, 0.3) is 0 Å². The summed E-state index contributed by atoms with van der Waals surface area (Å²) in [5, 5.41) is 0. The van der Waals surface area contributed by atoms with Crippen molar-refractivity contribution in [3.05, 3.63) is 53.1 Å². The van der Waals surface area contributed by atoms with E-state index in [1.54, 1.807) is 51.7 Å². The maximum absolute atomic E-state index is 12.7. The molecule has 24 heavy (non-hydrogen) atoms. The lowest BCUT2D eigenvalue weighted by molar-refractivity contribution is 0.100. The fraction of sp³-hybridized carbons (Fsp3) is 0.211. The van der Waals surface area contributed by atoms with Crippen LogP contribution in [-0.4, -0.2) is 33.7 Å². The molecule has 1 aliphatic heterocycles. The van der Waals surface area contributed by atoms with E-state index in [4.69, 9.17) is 18.9 Å². The number of methoxy groups -OCH3 is 3. The van der Waals surface area contributed by atoms with Crippen LogP contribution in [0.2, 0.25) is 0 Å². The van der Waals surface area contributed by atoms with Crippen LogP contribution in [0.25, 0.3) is 6.08 Å². The smallest absolute Gasteiger partial charge is 0.196 e. The van der Waals surface area contributed by atoms with Crippen molar-refractivity contribution in [2.24, 2.45) is 0 Å². The van der Waals surface area contributed by atoms with Gasteiger partial charge in [-0.05, 0) is 24.3 Å². The lowest BCUT2D eigenvalue weighted by Gasteiger charge is -2.19. The maximum atomic E-state index is 12.7. The van der Waals surface area contributed by atoms with Crippen LogP contribution in [-0.2, 0) is 0 Å². The third-order valence-electron chi connectivity index (χ3n) is 3.87. The number of Topliss-reactive ketones (excluding diaryl/α,β-unsaturated/α-hetero) is 1. The van der Waals surface area contributed by atoms with E-state index in [2.05, 4.69) is 0 Å². The fourth-order valence-corrected chi connectivity index (χ4v) is 2.63. The molecule has 0 aliphatic carbocycles. The Hall–Kier alpha value is -2.95.